The van der Waals surface area contributed by atoms with Gasteiger partial charge in [0.2, 0.25) is 0 Å². The molecule has 1 N–H and O–H groups in total. The second-order valence-electron chi connectivity index (χ2n) is 4.33. The molecule has 19 heavy (non-hydrogen) atoms. The number of benzene rings is 1. The van der Waals surface area contributed by atoms with Crippen molar-refractivity contribution in [2.75, 3.05) is 0 Å². The first-order valence-electron chi connectivity index (χ1n) is 5.72. The second kappa shape index (κ2) is 5.32. The van der Waals surface area contributed by atoms with Gasteiger partial charge in [0.1, 0.15) is 0 Å². The first-order chi connectivity index (χ1) is 8.90. The topological polar surface area (TPSA) is 64.0 Å². The van der Waals surface area contributed by atoms with E-state index >= 15 is 0 Å². The maximum atomic E-state index is 12.2. The van der Waals surface area contributed by atoms with Crippen molar-refractivity contribution in [3.8, 4) is 5.69 Å². The van der Waals surface area contributed by atoms with Crippen LogP contribution in [0.3, 0.4) is 0 Å². The molecule has 0 saturated carbocycles. The molecule has 5 nitrogen and oxygen atoms in total. The standard InChI is InChI=1S/C12H14ClN3O2S/c1-9(2)15-19(17,18)12-7-8-14-16(12)11-5-3-10(13)4-6-11/h3-9,15H,1-2H3. The third-order valence-electron chi connectivity index (χ3n) is 2.35. The van der Waals surface area contributed by atoms with Gasteiger partial charge in [-0.25, -0.2) is 17.8 Å². The van der Waals surface area contributed by atoms with Crippen LogP contribution in [0, 0.1) is 0 Å². The van der Waals surface area contributed by atoms with Gasteiger partial charge in [-0.2, -0.15) is 5.10 Å². The lowest BCUT2D eigenvalue weighted by Crippen LogP contribution is -2.31. The van der Waals surface area contributed by atoms with Crippen LogP contribution in [0.4, 0.5) is 0 Å². The Morgan fingerprint density at radius 1 is 1.21 bits per heavy atom. The molecule has 0 amide bonds. The molecule has 0 atom stereocenters. The highest BCUT2D eigenvalue weighted by molar-refractivity contribution is 7.89. The van der Waals surface area contributed by atoms with E-state index in [0.717, 1.165) is 0 Å². The molecule has 0 aliphatic heterocycles. The molecule has 0 aliphatic carbocycles. The Labute approximate surface area is 117 Å². The molecule has 0 saturated heterocycles. The summed E-state index contributed by atoms with van der Waals surface area (Å²) in [4.78, 5) is 0. The summed E-state index contributed by atoms with van der Waals surface area (Å²) < 4.78 is 28.2. The van der Waals surface area contributed by atoms with Crippen molar-refractivity contribution < 1.29 is 8.42 Å². The lowest BCUT2D eigenvalue weighted by Gasteiger charge is -2.11. The van der Waals surface area contributed by atoms with Crippen molar-refractivity contribution in [3.05, 3.63) is 41.6 Å². The first kappa shape index (κ1) is 14.0. The zero-order chi connectivity index (χ0) is 14.0. The van der Waals surface area contributed by atoms with Crippen LogP contribution in [-0.2, 0) is 10.0 Å². The van der Waals surface area contributed by atoms with E-state index in [9.17, 15) is 8.42 Å². The summed E-state index contributed by atoms with van der Waals surface area (Å²) in [7, 11) is -3.59. The Morgan fingerprint density at radius 2 is 1.84 bits per heavy atom. The Kier molecular flexibility index (Phi) is 3.93. The van der Waals surface area contributed by atoms with Crippen LogP contribution in [-0.4, -0.2) is 24.2 Å². The maximum Gasteiger partial charge on any atom is 0.258 e. The zero-order valence-electron chi connectivity index (χ0n) is 10.5. The minimum atomic E-state index is -3.59. The SMILES string of the molecule is CC(C)NS(=O)(=O)c1ccnn1-c1ccc(Cl)cc1. The molecule has 0 fully saturated rings. The summed E-state index contributed by atoms with van der Waals surface area (Å²) in [5.74, 6) is 0. The quantitative estimate of drug-likeness (QED) is 0.941. The minimum Gasteiger partial charge on any atom is -0.221 e. The van der Waals surface area contributed by atoms with Gasteiger partial charge in [0, 0.05) is 11.1 Å². The molecule has 0 unspecified atom stereocenters. The summed E-state index contributed by atoms with van der Waals surface area (Å²) in [6.07, 6.45) is 1.45. The highest BCUT2D eigenvalue weighted by Gasteiger charge is 2.21. The van der Waals surface area contributed by atoms with Gasteiger partial charge in [0.25, 0.3) is 10.0 Å². The summed E-state index contributed by atoms with van der Waals surface area (Å²) in [5.41, 5.74) is 0.638. The maximum absolute atomic E-state index is 12.2. The van der Waals surface area contributed by atoms with E-state index in [1.165, 1.54) is 16.9 Å². The lowest BCUT2D eigenvalue weighted by atomic mass is 10.3. The van der Waals surface area contributed by atoms with Crippen LogP contribution in [0.15, 0.2) is 41.6 Å². The number of sulfonamides is 1. The molecule has 0 radical (unpaired) electrons. The number of rotatable bonds is 4. The van der Waals surface area contributed by atoms with E-state index in [1.54, 1.807) is 38.1 Å². The summed E-state index contributed by atoms with van der Waals surface area (Å²) >= 11 is 5.81. The third kappa shape index (κ3) is 3.15. The summed E-state index contributed by atoms with van der Waals surface area (Å²) in [6.45, 7) is 3.53. The first-order valence-corrected chi connectivity index (χ1v) is 7.58. The normalized spacial score (nSPS) is 12.0. The fourth-order valence-corrected chi connectivity index (χ4v) is 3.13. The highest BCUT2D eigenvalue weighted by atomic mass is 35.5. The molecule has 1 heterocycles. The van der Waals surface area contributed by atoms with Crippen LogP contribution in [0.1, 0.15) is 13.8 Å². The molecule has 0 bridgehead atoms. The van der Waals surface area contributed by atoms with E-state index in [2.05, 4.69) is 9.82 Å². The van der Waals surface area contributed by atoms with E-state index in [0.29, 0.717) is 10.7 Å². The lowest BCUT2D eigenvalue weighted by molar-refractivity contribution is 0.560. The van der Waals surface area contributed by atoms with Crippen molar-refractivity contribution in [2.24, 2.45) is 0 Å². The van der Waals surface area contributed by atoms with Crippen LogP contribution in [0.2, 0.25) is 5.02 Å². The molecule has 1 aromatic carbocycles. The van der Waals surface area contributed by atoms with Gasteiger partial charge in [-0.1, -0.05) is 11.6 Å². The van der Waals surface area contributed by atoms with Gasteiger partial charge >= 0.3 is 0 Å². The van der Waals surface area contributed by atoms with Crippen LogP contribution >= 0.6 is 11.6 Å². The number of hydrogen-bond acceptors (Lipinski definition) is 3. The predicted octanol–water partition coefficient (Wildman–Crippen LogP) is 2.21. The molecule has 2 rings (SSSR count). The molecular formula is C12H14ClN3O2S. The molecule has 7 heteroatoms. The average molecular weight is 300 g/mol. The monoisotopic (exact) mass is 299 g/mol. The highest BCUT2D eigenvalue weighted by Crippen LogP contribution is 2.17. The number of nitrogens with zero attached hydrogens (tertiary/aromatic N) is 2. The van der Waals surface area contributed by atoms with Crippen molar-refractivity contribution in [1.29, 1.82) is 0 Å². The van der Waals surface area contributed by atoms with E-state index in [1.807, 2.05) is 0 Å². The van der Waals surface area contributed by atoms with E-state index in [-0.39, 0.29) is 11.1 Å². The zero-order valence-corrected chi connectivity index (χ0v) is 12.1. The Hall–Kier alpha value is -1.37. The van der Waals surface area contributed by atoms with Crippen LogP contribution in [0.25, 0.3) is 5.69 Å². The van der Waals surface area contributed by atoms with Crippen LogP contribution in [0.5, 0.6) is 0 Å². The van der Waals surface area contributed by atoms with Gasteiger partial charge in [-0.05, 0) is 44.2 Å². The Morgan fingerprint density at radius 3 is 2.42 bits per heavy atom. The number of halogens is 1. The Bertz CT molecular complexity index is 663. The number of nitrogens with one attached hydrogen (secondary N) is 1. The molecular weight excluding hydrogens is 286 g/mol. The molecule has 2 aromatic rings. The van der Waals surface area contributed by atoms with Gasteiger partial charge in [0.05, 0.1) is 11.9 Å². The summed E-state index contributed by atoms with van der Waals surface area (Å²) in [6, 6.07) is 8.07. The number of hydrogen-bond donors (Lipinski definition) is 1. The van der Waals surface area contributed by atoms with Crippen molar-refractivity contribution in [3.63, 3.8) is 0 Å². The molecule has 1 aromatic heterocycles. The van der Waals surface area contributed by atoms with Crippen molar-refractivity contribution in [1.82, 2.24) is 14.5 Å². The van der Waals surface area contributed by atoms with Crippen molar-refractivity contribution in [2.45, 2.75) is 24.9 Å². The Balaban J connectivity index is 2.46. The van der Waals surface area contributed by atoms with E-state index in [4.69, 9.17) is 11.6 Å². The average Bonchev–Trinajstić information content (AvgIpc) is 2.78. The smallest absolute Gasteiger partial charge is 0.221 e. The van der Waals surface area contributed by atoms with Crippen molar-refractivity contribution >= 4 is 21.6 Å². The fourth-order valence-electron chi connectivity index (χ4n) is 1.64. The molecule has 102 valence electrons. The van der Waals surface area contributed by atoms with Gasteiger partial charge in [0.15, 0.2) is 5.03 Å². The van der Waals surface area contributed by atoms with E-state index < -0.39 is 10.0 Å². The summed E-state index contributed by atoms with van der Waals surface area (Å²) in [5, 5.41) is 4.73. The third-order valence-corrected chi connectivity index (χ3v) is 4.24. The molecule has 0 aliphatic rings. The van der Waals surface area contributed by atoms with Crippen LogP contribution < -0.4 is 4.72 Å². The second-order valence-corrected chi connectivity index (χ2v) is 6.43. The minimum absolute atomic E-state index is 0.100. The molecule has 0 spiro atoms. The predicted molar refractivity (Wildman–Crippen MR) is 74.0 cm³/mol. The van der Waals surface area contributed by atoms with Gasteiger partial charge < -0.3 is 0 Å². The fraction of sp³-hybridized carbons (Fsp3) is 0.250. The largest absolute Gasteiger partial charge is 0.258 e. The number of aromatic nitrogens is 2. The van der Waals surface area contributed by atoms with Gasteiger partial charge in [-0.3, -0.25) is 0 Å². The van der Waals surface area contributed by atoms with Gasteiger partial charge in [-0.15, -0.1) is 0 Å².